The largest absolute Gasteiger partial charge is 0.351 e. The smallest absolute Gasteiger partial charge is 0.182 e. The molecule has 5 nitrogen and oxygen atoms in total. The molecule has 0 aliphatic rings. The van der Waals surface area contributed by atoms with Crippen LogP contribution in [0.3, 0.4) is 0 Å². The first-order valence-corrected chi connectivity index (χ1v) is 5.74. The van der Waals surface area contributed by atoms with E-state index in [2.05, 4.69) is 38.7 Å². The van der Waals surface area contributed by atoms with Gasteiger partial charge in [-0.05, 0) is 13.8 Å². The first kappa shape index (κ1) is 11.1. The molecule has 0 spiro atoms. The van der Waals surface area contributed by atoms with E-state index in [0.29, 0.717) is 17.6 Å². The molecule has 0 aliphatic heterocycles. The van der Waals surface area contributed by atoms with Crippen LogP contribution in [-0.4, -0.2) is 38.4 Å². The van der Waals surface area contributed by atoms with Gasteiger partial charge in [-0.15, -0.1) is 11.6 Å². The Kier molecular flexibility index (Phi) is 3.24. The summed E-state index contributed by atoms with van der Waals surface area (Å²) in [5, 5.41) is 0. The summed E-state index contributed by atoms with van der Waals surface area (Å²) in [6.45, 7) is 4.97. The molecule has 0 aromatic carbocycles. The van der Waals surface area contributed by atoms with Gasteiger partial charge in [0.25, 0.3) is 0 Å². The van der Waals surface area contributed by atoms with Gasteiger partial charge >= 0.3 is 0 Å². The van der Waals surface area contributed by atoms with Crippen LogP contribution in [0, 0.1) is 0 Å². The lowest BCUT2D eigenvalue weighted by Gasteiger charge is -2.26. The second-order valence-corrected chi connectivity index (χ2v) is 4.15. The molecule has 2 rings (SSSR count). The molecule has 0 radical (unpaired) electrons. The summed E-state index contributed by atoms with van der Waals surface area (Å²) < 4.78 is 0. The van der Waals surface area contributed by atoms with Crippen LogP contribution in [0.5, 0.6) is 0 Å². The van der Waals surface area contributed by atoms with Crippen molar-refractivity contribution in [2.24, 2.45) is 0 Å². The number of alkyl halides is 1. The van der Waals surface area contributed by atoms with Gasteiger partial charge in [-0.25, -0.2) is 15.0 Å². The fourth-order valence-electron chi connectivity index (χ4n) is 1.67. The summed E-state index contributed by atoms with van der Waals surface area (Å²) in [5.41, 5.74) is 1.55. The van der Waals surface area contributed by atoms with Crippen LogP contribution in [0.1, 0.15) is 13.8 Å². The van der Waals surface area contributed by atoms with Crippen LogP contribution in [0.15, 0.2) is 12.7 Å². The zero-order chi connectivity index (χ0) is 11.5. The second kappa shape index (κ2) is 4.65. The minimum atomic E-state index is 0.333. The van der Waals surface area contributed by atoms with E-state index in [4.69, 9.17) is 11.6 Å². The summed E-state index contributed by atoms with van der Waals surface area (Å²) in [6, 6.07) is 0.333. The molecular formula is C10H14ClN5. The predicted octanol–water partition coefficient (Wildman–Crippen LogP) is 1.81. The third-order valence-corrected chi connectivity index (χ3v) is 2.59. The highest BCUT2D eigenvalue weighted by Crippen LogP contribution is 2.21. The van der Waals surface area contributed by atoms with Gasteiger partial charge in [-0.1, -0.05) is 0 Å². The van der Waals surface area contributed by atoms with E-state index in [-0.39, 0.29) is 0 Å². The molecular weight excluding hydrogens is 226 g/mol. The maximum atomic E-state index is 5.80. The summed E-state index contributed by atoms with van der Waals surface area (Å²) in [7, 11) is 0. The Morgan fingerprint density at radius 2 is 2.19 bits per heavy atom. The van der Waals surface area contributed by atoms with Crippen LogP contribution in [0.4, 0.5) is 5.82 Å². The van der Waals surface area contributed by atoms with Gasteiger partial charge in [-0.3, -0.25) is 0 Å². The molecule has 0 bridgehead atoms. The predicted molar refractivity (Wildman–Crippen MR) is 64.9 cm³/mol. The average Bonchev–Trinajstić information content (AvgIpc) is 2.73. The Morgan fingerprint density at radius 1 is 1.38 bits per heavy atom. The van der Waals surface area contributed by atoms with E-state index < -0.39 is 0 Å². The SMILES string of the molecule is CC(C)N(CCCl)c1ncnc2nc[nH]c12. The Morgan fingerprint density at radius 3 is 2.88 bits per heavy atom. The number of H-pyrrole nitrogens is 1. The molecule has 0 unspecified atom stereocenters. The fraction of sp³-hybridized carbons (Fsp3) is 0.500. The highest BCUT2D eigenvalue weighted by atomic mass is 35.5. The van der Waals surface area contributed by atoms with Crippen molar-refractivity contribution in [3.8, 4) is 0 Å². The van der Waals surface area contributed by atoms with Crippen LogP contribution in [0.2, 0.25) is 0 Å². The van der Waals surface area contributed by atoms with Crippen molar-refractivity contribution in [2.75, 3.05) is 17.3 Å². The van der Waals surface area contributed by atoms with E-state index in [9.17, 15) is 0 Å². The quantitative estimate of drug-likeness (QED) is 0.827. The zero-order valence-electron chi connectivity index (χ0n) is 9.31. The lowest BCUT2D eigenvalue weighted by Crippen LogP contribution is -2.33. The maximum absolute atomic E-state index is 5.80. The third kappa shape index (κ3) is 1.95. The first-order valence-electron chi connectivity index (χ1n) is 5.20. The summed E-state index contributed by atoms with van der Waals surface area (Å²) in [4.78, 5) is 17.7. The van der Waals surface area contributed by atoms with Crippen LogP contribution in [0.25, 0.3) is 11.2 Å². The number of nitrogens with zero attached hydrogens (tertiary/aromatic N) is 4. The summed E-state index contributed by atoms with van der Waals surface area (Å²) in [5.74, 6) is 1.43. The standard InChI is InChI=1S/C10H14ClN5/c1-7(2)16(4-3-11)10-8-9(13-5-12-8)14-6-15-10/h5-7H,3-4H2,1-2H3,(H,12,13,14,15). The second-order valence-electron chi connectivity index (χ2n) is 3.77. The number of nitrogens with one attached hydrogen (secondary N) is 1. The van der Waals surface area contributed by atoms with Crippen molar-refractivity contribution in [3.63, 3.8) is 0 Å². The number of hydrogen-bond donors (Lipinski definition) is 1. The minimum Gasteiger partial charge on any atom is -0.351 e. The van der Waals surface area contributed by atoms with E-state index in [1.807, 2.05) is 0 Å². The number of imidazole rings is 1. The number of aromatic nitrogens is 4. The van der Waals surface area contributed by atoms with E-state index in [1.54, 1.807) is 6.33 Å². The molecule has 1 N–H and O–H groups in total. The lowest BCUT2D eigenvalue weighted by atomic mass is 10.3. The Hall–Kier alpha value is -1.36. The molecule has 2 aromatic rings. The zero-order valence-corrected chi connectivity index (χ0v) is 10.1. The van der Waals surface area contributed by atoms with Gasteiger partial charge in [0, 0.05) is 18.5 Å². The molecule has 0 atom stereocenters. The molecule has 0 fully saturated rings. The van der Waals surface area contributed by atoms with Crippen molar-refractivity contribution < 1.29 is 0 Å². The van der Waals surface area contributed by atoms with Crippen molar-refractivity contribution >= 4 is 28.6 Å². The Balaban J connectivity index is 2.47. The van der Waals surface area contributed by atoms with Crippen molar-refractivity contribution in [1.29, 1.82) is 0 Å². The molecule has 0 amide bonds. The van der Waals surface area contributed by atoms with Gasteiger partial charge in [-0.2, -0.15) is 0 Å². The Labute approximate surface area is 98.9 Å². The molecule has 16 heavy (non-hydrogen) atoms. The van der Waals surface area contributed by atoms with E-state index >= 15 is 0 Å². The molecule has 2 aromatic heterocycles. The molecule has 0 saturated carbocycles. The number of anilines is 1. The summed E-state index contributed by atoms with van der Waals surface area (Å²) in [6.07, 6.45) is 3.16. The van der Waals surface area contributed by atoms with Gasteiger partial charge in [0.15, 0.2) is 11.5 Å². The van der Waals surface area contributed by atoms with Crippen molar-refractivity contribution in [2.45, 2.75) is 19.9 Å². The highest BCUT2D eigenvalue weighted by Gasteiger charge is 2.15. The number of aromatic amines is 1. The number of fused-ring (bicyclic) bond motifs is 1. The topological polar surface area (TPSA) is 57.7 Å². The van der Waals surface area contributed by atoms with Crippen LogP contribution >= 0.6 is 11.6 Å². The van der Waals surface area contributed by atoms with Gasteiger partial charge < -0.3 is 9.88 Å². The van der Waals surface area contributed by atoms with Gasteiger partial charge in [0.05, 0.1) is 6.33 Å². The van der Waals surface area contributed by atoms with Crippen LogP contribution < -0.4 is 4.90 Å². The minimum absolute atomic E-state index is 0.333. The van der Waals surface area contributed by atoms with Crippen molar-refractivity contribution in [1.82, 2.24) is 19.9 Å². The Bertz CT molecular complexity index is 467. The maximum Gasteiger partial charge on any atom is 0.182 e. The van der Waals surface area contributed by atoms with Gasteiger partial charge in [0.2, 0.25) is 0 Å². The van der Waals surface area contributed by atoms with E-state index in [0.717, 1.165) is 17.9 Å². The molecule has 0 saturated heterocycles. The fourth-order valence-corrected chi connectivity index (χ4v) is 1.85. The summed E-state index contributed by atoms with van der Waals surface area (Å²) >= 11 is 5.80. The van der Waals surface area contributed by atoms with Crippen LogP contribution in [-0.2, 0) is 0 Å². The molecule has 0 aliphatic carbocycles. The highest BCUT2D eigenvalue weighted by molar-refractivity contribution is 6.18. The molecule has 2 heterocycles. The average molecular weight is 240 g/mol. The molecule has 6 heteroatoms. The lowest BCUT2D eigenvalue weighted by molar-refractivity contribution is 0.697. The van der Waals surface area contributed by atoms with Crippen molar-refractivity contribution in [3.05, 3.63) is 12.7 Å². The van der Waals surface area contributed by atoms with Gasteiger partial charge in [0.1, 0.15) is 11.8 Å². The first-order chi connectivity index (χ1) is 7.74. The number of rotatable bonds is 4. The van der Waals surface area contributed by atoms with E-state index in [1.165, 1.54) is 6.33 Å². The molecule has 86 valence electrons. The normalized spacial score (nSPS) is 11.2. The monoisotopic (exact) mass is 239 g/mol. The number of halogens is 1. The number of hydrogen-bond acceptors (Lipinski definition) is 4. The third-order valence-electron chi connectivity index (χ3n) is 2.42.